The Labute approximate surface area is 142 Å². The highest BCUT2D eigenvalue weighted by atomic mass is 16.5. The first-order valence-corrected chi connectivity index (χ1v) is 8.45. The molecule has 5 heteroatoms. The van der Waals surface area contributed by atoms with Crippen molar-refractivity contribution >= 4 is 12.3 Å². The van der Waals surface area contributed by atoms with Crippen molar-refractivity contribution in [1.29, 1.82) is 0 Å². The molecule has 0 saturated carbocycles. The number of ether oxygens (including phenoxy) is 1. The molecule has 0 radical (unpaired) electrons. The Bertz CT molecular complexity index is 674. The lowest BCUT2D eigenvalue weighted by Gasteiger charge is -2.10. The molecule has 0 aliphatic carbocycles. The number of carbonyl (C=O) groups is 2. The number of carbonyl (C=O) groups excluding carboxylic acids is 2. The summed E-state index contributed by atoms with van der Waals surface area (Å²) in [6.07, 6.45) is 6.31. The highest BCUT2D eigenvalue weighted by Crippen LogP contribution is 2.12. The van der Waals surface area contributed by atoms with Crippen LogP contribution in [0.2, 0.25) is 0 Å². The molecule has 0 saturated heterocycles. The molecule has 0 spiro atoms. The van der Waals surface area contributed by atoms with E-state index in [1.807, 2.05) is 16.7 Å². The Morgan fingerprint density at radius 3 is 2.58 bits per heavy atom. The lowest BCUT2D eigenvalue weighted by molar-refractivity contribution is 0.0526. The number of imidazole rings is 1. The van der Waals surface area contributed by atoms with E-state index in [-0.39, 0.29) is 5.97 Å². The summed E-state index contributed by atoms with van der Waals surface area (Å²) in [7, 11) is 0. The van der Waals surface area contributed by atoms with Crippen molar-refractivity contribution in [3.63, 3.8) is 0 Å². The first kappa shape index (κ1) is 17.9. The van der Waals surface area contributed by atoms with E-state index in [0.717, 1.165) is 43.4 Å². The molecule has 2 aromatic rings. The van der Waals surface area contributed by atoms with Crippen LogP contribution in [0.25, 0.3) is 0 Å². The predicted molar refractivity (Wildman–Crippen MR) is 92.3 cm³/mol. The molecule has 0 amide bonds. The van der Waals surface area contributed by atoms with E-state index < -0.39 is 0 Å². The fourth-order valence-corrected chi connectivity index (χ4v) is 2.58. The maximum atomic E-state index is 11.7. The van der Waals surface area contributed by atoms with Crippen molar-refractivity contribution in [2.75, 3.05) is 6.61 Å². The van der Waals surface area contributed by atoms with Crippen molar-refractivity contribution in [3.05, 3.63) is 53.1 Å². The number of nitrogens with zero attached hydrogens (tertiary/aromatic N) is 2. The van der Waals surface area contributed by atoms with E-state index in [9.17, 15) is 9.59 Å². The van der Waals surface area contributed by atoms with E-state index in [1.165, 1.54) is 0 Å². The molecule has 1 aromatic carbocycles. The van der Waals surface area contributed by atoms with Crippen molar-refractivity contribution in [1.82, 2.24) is 9.55 Å². The second-order valence-corrected chi connectivity index (χ2v) is 5.64. The summed E-state index contributed by atoms with van der Waals surface area (Å²) in [6.45, 7) is 5.00. The van der Waals surface area contributed by atoms with Gasteiger partial charge in [-0.2, -0.15) is 0 Å². The van der Waals surface area contributed by atoms with Gasteiger partial charge in [-0.15, -0.1) is 0 Å². The van der Waals surface area contributed by atoms with E-state index in [0.29, 0.717) is 24.4 Å². The van der Waals surface area contributed by atoms with Gasteiger partial charge in [0.1, 0.15) is 11.5 Å². The SMILES string of the molecule is CCCCc1ncc(C=O)n1CCc1ccc(C(=O)OCC)cc1. The van der Waals surface area contributed by atoms with Crippen LogP contribution in [-0.2, 0) is 24.1 Å². The molecule has 24 heavy (non-hydrogen) atoms. The van der Waals surface area contributed by atoms with Gasteiger partial charge in [0, 0.05) is 13.0 Å². The topological polar surface area (TPSA) is 61.2 Å². The first-order valence-electron chi connectivity index (χ1n) is 8.45. The normalized spacial score (nSPS) is 10.6. The Balaban J connectivity index is 2.03. The quantitative estimate of drug-likeness (QED) is 0.522. The predicted octanol–water partition coefficient (Wildman–Crippen LogP) is 3.46. The van der Waals surface area contributed by atoms with Gasteiger partial charge in [-0.1, -0.05) is 25.5 Å². The number of rotatable bonds is 9. The second-order valence-electron chi connectivity index (χ2n) is 5.64. The number of hydrogen-bond acceptors (Lipinski definition) is 4. The Hall–Kier alpha value is -2.43. The minimum Gasteiger partial charge on any atom is -0.462 e. The number of aldehydes is 1. The summed E-state index contributed by atoms with van der Waals surface area (Å²) in [6, 6.07) is 7.41. The van der Waals surface area contributed by atoms with Crippen LogP contribution in [0.4, 0.5) is 0 Å². The van der Waals surface area contributed by atoms with Crippen LogP contribution in [0.15, 0.2) is 30.5 Å². The van der Waals surface area contributed by atoms with Crippen LogP contribution >= 0.6 is 0 Å². The average Bonchev–Trinajstić information content (AvgIpc) is 3.00. The Morgan fingerprint density at radius 2 is 1.96 bits per heavy atom. The zero-order valence-electron chi connectivity index (χ0n) is 14.3. The molecule has 0 bridgehead atoms. The first-order chi connectivity index (χ1) is 11.7. The number of unbranched alkanes of at least 4 members (excludes halogenated alkanes) is 1. The second kappa shape index (κ2) is 9.01. The van der Waals surface area contributed by atoms with E-state index in [1.54, 1.807) is 25.3 Å². The molecule has 2 rings (SSSR count). The molecule has 0 atom stereocenters. The van der Waals surface area contributed by atoms with E-state index in [4.69, 9.17) is 4.74 Å². The lowest BCUT2D eigenvalue weighted by Crippen LogP contribution is -2.10. The molecule has 128 valence electrons. The van der Waals surface area contributed by atoms with E-state index >= 15 is 0 Å². The maximum Gasteiger partial charge on any atom is 0.338 e. The summed E-state index contributed by atoms with van der Waals surface area (Å²) in [5, 5.41) is 0. The molecule has 5 nitrogen and oxygen atoms in total. The minimum absolute atomic E-state index is 0.302. The molecule has 1 heterocycles. The highest BCUT2D eigenvalue weighted by molar-refractivity contribution is 5.89. The fourth-order valence-electron chi connectivity index (χ4n) is 2.58. The summed E-state index contributed by atoms with van der Waals surface area (Å²) in [4.78, 5) is 27.2. The summed E-state index contributed by atoms with van der Waals surface area (Å²) in [5.74, 6) is 0.658. The van der Waals surface area contributed by atoms with Crippen molar-refractivity contribution in [2.24, 2.45) is 0 Å². The van der Waals surface area contributed by atoms with Gasteiger partial charge in [0.05, 0.1) is 18.4 Å². The van der Waals surface area contributed by atoms with Gasteiger partial charge in [0.15, 0.2) is 6.29 Å². The van der Waals surface area contributed by atoms with Crippen LogP contribution in [0.3, 0.4) is 0 Å². The molecular weight excluding hydrogens is 304 g/mol. The summed E-state index contributed by atoms with van der Waals surface area (Å²) in [5.41, 5.74) is 2.28. The number of aryl methyl sites for hydroxylation is 2. The summed E-state index contributed by atoms with van der Waals surface area (Å²) < 4.78 is 6.97. The highest BCUT2D eigenvalue weighted by Gasteiger charge is 2.10. The minimum atomic E-state index is -0.302. The van der Waals surface area contributed by atoms with Crippen LogP contribution in [0.5, 0.6) is 0 Å². The smallest absolute Gasteiger partial charge is 0.338 e. The van der Waals surface area contributed by atoms with Crippen molar-refractivity contribution < 1.29 is 14.3 Å². The van der Waals surface area contributed by atoms with Crippen LogP contribution in [0.1, 0.15) is 58.9 Å². The molecule has 0 unspecified atom stereocenters. The van der Waals surface area contributed by atoms with Gasteiger partial charge in [-0.25, -0.2) is 9.78 Å². The third-order valence-electron chi connectivity index (χ3n) is 3.93. The van der Waals surface area contributed by atoms with Gasteiger partial charge < -0.3 is 9.30 Å². The van der Waals surface area contributed by atoms with E-state index in [2.05, 4.69) is 11.9 Å². The third-order valence-corrected chi connectivity index (χ3v) is 3.93. The van der Waals surface area contributed by atoms with Crippen molar-refractivity contribution in [2.45, 2.75) is 46.1 Å². The Kier molecular flexibility index (Phi) is 6.73. The molecule has 0 aliphatic rings. The molecule has 0 N–H and O–H groups in total. The van der Waals surface area contributed by atoms with Gasteiger partial charge >= 0.3 is 5.97 Å². The third kappa shape index (κ3) is 4.54. The zero-order valence-corrected chi connectivity index (χ0v) is 14.3. The van der Waals surface area contributed by atoms with Gasteiger partial charge in [-0.05, 0) is 37.5 Å². The largest absolute Gasteiger partial charge is 0.462 e. The van der Waals surface area contributed by atoms with Crippen LogP contribution in [0, 0.1) is 0 Å². The maximum absolute atomic E-state index is 11.7. The molecule has 0 fully saturated rings. The average molecular weight is 328 g/mol. The Morgan fingerprint density at radius 1 is 1.21 bits per heavy atom. The van der Waals surface area contributed by atoms with Crippen molar-refractivity contribution in [3.8, 4) is 0 Å². The number of esters is 1. The fraction of sp³-hybridized carbons (Fsp3) is 0.421. The summed E-state index contributed by atoms with van der Waals surface area (Å²) >= 11 is 0. The molecular formula is C19H24N2O3. The number of hydrogen-bond donors (Lipinski definition) is 0. The van der Waals surface area contributed by atoms with Crippen LogP contribution in [-0.4, -0.2) is 28.4 Å². The zero-order chi connectivity index (χ0) is 17.4. The van der Waals surface area contributed by atoms with Gasteiger partial charge in [0.2, 0.25) is 0 Å². The molecule has 1 aromatic heterocycles. The number of aromatic nitrogens is 2. The van der Waals surface area contributed by atoms with Crippen LogP contribution < -0.4 is 0 Å². The molecule has 0 aliphatic heterocycles. The lowest BCUT2D eigenvalue weighted by atomic mass is 10.1. The monoisotopic (exact) mass is 328 g/mol. The standard InChI is InChI=1S/C19H24N2O3/c1-3-5-6-18-20-13-17(14-22)21(18)12-11-15-7-9-16(10-8-15)19(23)24-4-2/h7-10,13-14H,3-6,11-12H2,1-2H3. The van der Waals surface area contributed by atoms with Gasteiger partial charge in [0.25, 0.3) is 0 Å². The number of benzene rings is 1. The van der Waals surface area contributed by atoms with Gasteiger partial charge in [-0.3, -0.25) is 4.79 Å².